The Bertz CT molecular complexity index is 513. The minimum absolute atomic E-state index is 0. The number of nitrogens with two attached hydrogens (primary N) is 1. The molecule has 2 rings (SSSR count). The first kappa shape index (κ1) is 14.8. The first-order valence-corrected chi connectivity index (χ1v) is 6.20. The maximum atomic E-state index is 9.81. The maximum absolute atomic E-state index is 9.81. The van der Waals surface area contributed by atoms with Gasteiger partial charge in [-0.05, 0) is 23.4 Å². The number of aromatic hydroxyl groups is 1. The molecule has 0 aromatic heterocycles. The molecule has 0 aliphatic rings. The van der Waals surface area contributed by atoms with Crippen LogP contribution in [-0.2, 0) is 0 Å². The zero-order chi connectivity index (χ0) is 12.3. The minimum atomic E-state index is 0. The topological polar surface area (TPSA) is 46.2 Å². The van der Waals surface area contributed by atoms with Crippen LogP contribution in [0.25, 0.3) is 10.8 Å². The molecule has 1 atom stereocenters. The van der Waals surface area contributed by atoms with Crippen molar-refractivity contribution in [1.82, 2.24) is 0 Å². The van der Waals surface area contributed by atoms with Gasteiger partial charge in [0, 0.05) is 11.4 Å². The van der Waals surface area contributed by atoms with Crippen LogP contribution in [0.5, 0.6) is 5.75 Å². The average molecular weight is 266 g/mol. The zero-order valence-corrected chi connectivity index (χ0v) is 11.4. The van der Waals surface area contributed by atoms with Crippen LogP contribution < -0.4 is 5.73 Å². The molecule has 0 amide bonds. The van der Waals surface area contributed by atoms with E-state index in [0.717, 1.165) is 35.6 Å². The lowest BCUT2D eigenvalue weighted by molar-refractivity contribution is 0.481. The van der Waals surface area contributed by atoms with Gasteiger partial charge in [0.05, 0.1) is 0 Å². The average Bonchev–Trinajstić information content (AvgIpc) is 2.37. The molecule has 0 aliphatic carbocycles. The smallest absolute Gasteiger partial charge is 0.123 e. The van der Waals surface area contributed by atoms with Gasteiger partial charge in [0.2, 0.25) is 0 Å². The number of hydrogen-bond acceptors (Lipinski definition) is 2. The Labute approximate surface area is 114 Å². The standard InChI is InChI=1S/C15H19NO.ClH/c1-2-3-8-14(16)12-9-10-15(17)13-7-5-4-6-11(12)13;/h4-7,9-10,14,17H,2-3,8,16H2,1H3;1H/t14-;/m0./s1. The minimum Gasteiger partial charge on any atom is -0.507 e. The highest BCUT2D eigenvalue weighted by atomic mass is 35.5. The Morgan fingerprint density at radius 2 is 1.78 bits per heavy atom. The maximum Gasteiger partial charge on any atom is 0.123 e. The number of hydrogen-bond donors (Lipinski definition) is 2. The van der Waals surface area contributed by atoms with E-state index < -0.39 is 0 Å². The van der Waals surface area contributed by atoms with Crippen LogP contribution in [0.2, 0.25) is 0 Å². The number of halogens is 1. The number of fused-ring (bicyclic) bond motifs is 1. The third-order valence-electron chi connectivity index (χ3n) is 3.20. The molecular formula is C15H20ClNO. The van der Waals surface area contributed by atoms with E-state index in [2.05, 4.69) is 6.92 Å². The van der Waals surface area contributed by atoms with Crippen LogP contribution in [0.3, 0.4) is 0 Å². The number of phenolic OH excluding ortho intramolecular Hbond substituents is 1. The van der Waals surface area contributed by atoms with Crippen molar-refractivity contribution in [3.05, 3.63) is 42.0 Å². The summed E-state index contributed by atoms with van der Waals surface area (Å²) in [6, 6.07) is 11.6. The van der Waals surface area contributed by atoms with Crippen molar-refractivity contribution in [3.63, 3.8) is 0 Å². The lowest BCUT2D eigenvalue weighted by atomic mass is 9.95. The highest BCUT2D eigenvalue weighted by Crippen LogP contribution is 2.31. The predicted molar refractivity (Wildman–Crippen MR) is 79.3 cm³/mol. The van der Waals surface area contributed by atoms with Gasteiger partial charge >= 0.3 is 0 Å². The molecule has 2 aromatic carbocycles. The molecule has 3 heteroatoms. The van der Waals surface area contributed by atoms with E-state index in [1.54, 1.807) is 6.07 Å². The second kappa shape index (κ2) is 6.62. The van der Waals surface area contributed by atoms with Crippen molar-refractivity contribution in [2.45, 2.75) is 32.2 Å². The number of phenols is 1. The molecule has 0 saturated heterocycles. The summed E-state index contributed by atoms with van der Waals surface area (Å²) in [6.45, 7) is 2.17. The van der Waals surface area contributed by atoms with Crippen LogP contribution in [0.4, 0.5) is 0 Å². The third-order valence-corrected chi connectivity index (χ3v) is 3.20. The first-order valence-electron chi connectivity index (χ1n) is 6.20. The molecule has 18 heavy (non-hydrogen) atoms. The molecule has 0 bridgehead atoms. The SMILES string of the molecule is CCCC[C@H](N)c1ccc(O)c2ccccc12.Cl. The molecule has 0 radical (unpaired) electrons. The van der Waals surface area contributed by atoms with Crippen molar-refractivity contribution in [2.24, 2.45) is 5.73 Å². The van der Waals surface area contributed by atoms with Gasteiger partial charge in [0.15, 0.2) is 0 Å². The van der Waals surface area contributed by atoms with Gasteiger partial charge in [-0.25, -0.2) is 0 Å². The van der Waals surface area contributed by atoms with Crippen LogP contribution in [-0.4, -0.2) is 5.11 Å². The molecule has 0 fully saturated rings. The van der Waals surface area contributed by atoms with Crippen molar-refractivity contribution in [2.75, 3.05) is 0 Å². The quantitative estimate of drug-likeness (QED) is 0.872. The summed E-state index contributed by atoms with van der Waals surface area (Å²) >= 11 is 0. The largest absolute Gasteiger partial charge is 0.507 e. The van der Waals surface area contributed by atoms with E-state index in [0.29, 0.717) is 5.75 Å². The Hall–Kier alpha value is -1.25. The van der Waals surface area contributed by atoms with Gasteiger partial charge in [-0.15, -0.1) is 12.4 Å². The molecule has 3 N–H and O–H groups in total. The van der Waals surface area contributed by atoms with E-state index in [1.807, 2.05) is 30.3 Å². The molecule has 0 heterocycles. The Morgan fingerprint density at radius 3 is 2.44 bits per heavy atom. The molecule has 2 nitrogen and oxygen atoms in total. The number of benzene rings is 2. The summed E-state index contributed by atoms with van der Waals surface area (Å²) in [4.78, 5) is 0. The first-order chi connectivity index (χ1) is 8.24. The Balaban J connectivity index is 0.00000162. The molecule has 0 unspecified atom stereocenters. The second-order valence-electron chi connectivity index (χ2n) is 4.47. The normalized spacial score (nSPS) is 12.1. The third kappa shape index (κ3) is 2.95. The number of unbranched alkanes of at least 4 members (excludes halogenated alkanes) is 1. The second-order valence-corrected chi connectivity index (χ2v) is 4.47. The lowest BCUT2D eigenvalue weighted by Gasteiger charge is -2.15. The summed E-state index contributed by atoms with van der Waals surface area (Å²) in [7, 11) is 0. The van der Waals surface area contributed by atoms with E-state index in [9.17, 15) is 5.11 Å². The van der Waals surface area contributed by atoms with Crippen LogP contribution in [0.15, 0.2) is 36.4 Å². The Kier molecular flexibility index (Phi) is 5.45. The molecule has 98 valence electrons. The molecule has 0 aliphatic heterocycles. The fourth-order valence-corrected chi connectivity index (χ4v) is 2.21. The van der Waals surface area contributed by atoms with Crippen molar-refractivity contribution in [3.8, 4) is 5.75 Å². The van der Waals surface area contributed by atoms with Gasteiger partial charge in [0.25, 0.3) is 0 Å². The summed E-state index contributed by atoms with van der Waals surface area (Å²) in [5, 5.41) is 11.8. The summed E-state index contributed by atoms with van der Waals surface area (Å²) in [5.41, 5.74) is 7.35. The van der Waals surface area contributed by atoms with Gasteiger partial charge in [-0.3, -0.25) is 0 Å². The Morgan fingerprint density at radius 1 is 1.11 bits per heavy atom. The van der Waals surface area contributed by atoms with Crippen LogP contribution >= 0.6 is 12.4 Å². The van der Waals surface area contributed by atoms with Gasteiger partial charge < -0.3 is 10.8 Å². The molecular weight excluding hydrogens is 246 g/mol. The monoisotopic (exact) mass is 265 g/mol. The van der Waals surface area contributed by atoms with Gasteiger partial charge in [-0.1, -0.05) is 50.1 Å². The lowest BCUT2D eigenvalue weighted by Crippen LogP contribution is -2.10. The zero-order valence-electron chi connectivity index (χ0n) is 10.6. The molecule has 0 spiro atoms. The fourth-order valence-electron chi connectivity index (χ4n) is 2.21. The van der Waals surface area contributed by atoms with Crippen molar-refractivity contribution in [1.29, 1.82) is 0 Å². The number of rotatable bonds is 4. The van der Waals surface area contributed by atoms with Gasteiger partial charge in [0.1, 0.15) is 5.75 Å². The molecule has 2 aromatic rings. The van der Waals surface area contributed by atoms with E-state index in [4.69, 9.17) is 5.73 Å². The van der Waals surface area contributed by atoms with Crippen molar-refractivity contribution >= 4 is 23.2 Å². The summed E-state index contributed by atoms with van der Waals surface area (Å²) in [5.74, 6) is 0.326. The van der Waals surface area contributed by atoms with Gasteiger partial charge in [-0.2, -0.15) is 0 Å². The summed E-state index contributed by atoms with van der Waals surface area (Å²) in [6.07, 6.45) is 3.28. The van der Waals surface area contributed by atoms with E-state index in [-0.39, 0.29) is 18.4 Å². The fraction of sp³-hybridized carbons (Fsp3) is 0.333. The highest BCUT2D eigenvalue weighted by molar-refractivity contribution is 5.91. The van der Waals surface area contributed by atoms with Crippen molar-refractivity contribution < 1.29 is 5.11 Å². The summed E-state index contributed by atoms with van der Waals surface area (Å²) < 4.78 is 0. The van der Waals surface area contributed by atoms with E-state index in [1.165, 1.54) is 0 Å². The van der Waals surface area contributed by atoms with Crippen LogP contribution in [0, 0.1) is 0 Å². The predicted octanol–water partition coefficient (Wildman–Crippen LogP) is 4.16. The van der Waals surface area contributed by atoms with E-state index >= 15 is 0 Å². The highest BCUT2D eigenvalue weighted by Gasteiger charge is 2.10. The van der Waals surface area contributed by atoms with Crippen LogP contribution in [0.1, 0.15) is 37.8 Å². The molecule has 0 saturated carbocycles.